The first-order chi connectivity index (χ1) is 6.33. The molecule has 1 aromatic heterocycles. The van der Waals surface area contributed by atoms with Crippen molar-refractivity contribution in [3.8, 4) is 0 Å². The Morgan fingerprint density at radius 1 is 1.38 bits per heavy atom. The van der Waals surface area contributed by atoms with Gasteiger partial charge in [-0.15, -0.1) is 6.58 Å². The van der Waals surface area contributed by atoms with E-state index >= 15 is 0 Å². The highest BCUT2D eigenvalue weighted by molar-refractivity contribution is 5.90. The monoisotopic (exact) mass is 172 g/mol. The van der Waals surface area contributed by atoms with Crippen LogP contribution in [0.4, 0.5) is 5.69 Å². The van der Waals surface area contributed by atoms with Crippen LogP contribution in [0.3, 0.4) is 0 Å². The quantitative estimate of drug-likeness (QED) is 0.547. The Morgan fingerprint density at radius 3 is 3.00 bits per heavy atom. The maximum Gasteiger partial charge on any atom is 0.0716 e. The summed E-state index contributed by atoms with van der Waals surface area (Å²) in [5, 5.41) is 1.18. The van der Waals surface area contributed by atoms with Crippen molar-refractivity contribution < 1.29 is 0 Å². The maximum absolute atomic E-state index is 5.88. The van der Waals surface area contributed by atoms with Crippen molar-refractivity contribution in [2.45, 2.75) is 6.54 Å². The van der Waals surface area contributed by atoms with Crippen LogP contribution in [-0.2, 0) is 6.54 Å². The van der Waals surface area contributed by atoms with Gasteiger partial charge in [0, 0.05) is 18.1 Å². The van der Waals surface area contributed by atoms with E-state index in [1.165, 1.54) is 5.39 Å². The Morgan fingerprint density at radius 2 is 2.23 bits per heavy atom. The third kappa shape index (κ3) is 1.20. The van der Waals surface area contributed by atoms with Crippen molar-refractivity contribution in [1.82, 2.24) is 4.57 Å². The summed E-state index contributed by atoms with van der Waals surface area (Å²) in [6, 6.07) is 8.01. The Hall–Kier alpha value is -1.70. The van der Waals surface area contributed by atoms with Gasteiger partial charge in [0.25, 0.3) is 0 Å². The number of anilines is 1. The van der Waals surface area contributed by atoms with Crippen LogP contribution in [0.25, 0.3) is 10.9 Å². The minimum atomic E-state index is 0.803. The highest BCUT2D eigenvalue weighted by atomic mass is 15.0. The molecule has 0 saturated carbocycles. The lowest BCUT2D eigenvalue weighted by atomic mass is 10.2. The molecule has 2 rings (SSSR count). The SMILES string of the molecule is C=CCn1ccc2cccc(N)c21. The molecule has 0 amide bonds. The maximum atomic E-state index is 5.88. The van der Waals surface area contributed by atoms with Crippen molar-refractivity contribution in [3.63, 3.8) is 0 Å². The summed E-state index contributed by atoms with van der Waals surface area (Å²) in [6.45, 7) is 4.51. The second kappa shape index (κ2) is 2.98. The van der Waals surface area contributed by atoms with Crippen LogP contribution in [0.5, 0.6) is 0 Å². The lowest BCUT2D eigenvalue weighted by Gasteiger charge is -2.03. The number of hydrogen-bond donors (Lipinski definition) is 1. The zero-order valence-corrected chi connectivity index (χ0v) is 7.40. The van der Waals surface area contributed by atoms with Crippen LogP contribution >= 0.6 is 0 Å². The Balaban J connectivity index is 2.70. The Labute approximate surface area is 77.3 Å². The summed E-state index contributed by atoms with van der Waals surface area (Å²) in [4.78, 5) is 0. The predicted octanol–water partition coefficient (Wildman–Crippen LogP) is 2.41. The van der Waals surface area contributed by atoms with Crippen LogP contribution in [0.1, 0.15) is 0 Å². The number of benzene rings is 1. The third-order valence-electron chi connectivity index (χ3n) is 2.15. The van der Waals surface area contributed by atoms with Gasteiger partial charge in [-0.05, 0) is 12.1 Å². The second-order valence-electron chi connectivity index (χ2n) is 3.04. The standard InChI is InChI=1S/C11H12N2/c1-2-7-13-8-6-9-4-3-5-10(12)11(9)13/h2-6,8H,1,7,12H2. The number of aromatic nitrogens is 1. The third-order valence-corrected chi connectivity index (χ3v) is 2.15. The van der Waals surface area contributed by atoms with Crippen molar-refractivity contribution in [2.24, 2.45) is 0 Å². The van der Waals surface area contributed by atoms with Gasteiger partial charge in [0.1, 0.15) is 0 Å². The minimum absolute atomic E-state index is 0.803. The lowest BCUT2D eigenvalue weighted by molar-refractivity contribution is 0.866. The van der Waals surface area contributed by atoms with Crippen LogP contribution < -0.4 is 5.73 Å². The van der Waals surface area contributed by atoms with Gasteiger partial charge in [0.15, 0.2) is 0 Å². The van der Waals surface area contributed by atoms with Crippen LogP contribution in [-0.4, -0.2) is 4.57 Å². The number of allylic oxidation sites excluding steroid dienone is 1. The van der Waals surface area contributed by atoms with Crippen LogP contribution in [0.2, 0.25) is 0 Å². The van der Waals surface area contributed by atoms with Crippen LogP contribution in [0, 0.1) is 0 Å². The molecule has 0 atom stereocenters. The number of para-hydroxylation sites is 1. The minimum Gasteiger partial charge on any atom is -0.397 e. The molecule has 0 radical (unpaired) electrons. The fourth-order valence-electron chi connectivity index (χ4n) is 1.58. The molecule has 0 aliphatic rings. The van der Waals surface area contributed by atoms with Gasteiger partial charge < -0.3 is 10.3 Å². The van der Waals surface area contributed by atoms with E-state index in [9.17, 15) is 0 Å². The average molecular weight is 172 g/mol. The summed E-state index contributed by atoms with van der Waals surface area (Å²) in [5.74, 6) is 0. The zero-order valence-electron chi connectivity index (χ0n) is 7.40. The number of nitrogen functional groups attached to an aromatic ring is 1. The number of nitrogens with zero attached hydrogens (tertiary/aromatic N) is 1. The van der Waals surface area contributed by atoms with Gasteiger partial charge in [-0.3, -0.25) is 0 Å². The topological polar surface area (TPSA) is 30.9 Å². The van der Waals surface area contributed by atoms with Gasteiger partial charge in [0.2, 0.25) is 0 Å². The van der Waals surface area contributed by atoms with E-state index in [0.29, 0.717) is 0 Å². The highest BCUT2D eigenvalue weighted by Gasteiger charge is 2.01. The molecule has 1 aromatic carbocycles. The molecular weight excluding hydrogens is 160 g/mol. The van der Waals surface area contributed by atoms with Gasteiger partial charge >= 0.3 is 0 Å². The summed E-state index contributed by atoms with van der Waals surface area (Å²) in [7, 11) is 0. The molecule has 0 unspecified atom stereocenters. The Bertz CT molecular complexity index is 440. The number of hydrogen-bond acceptors (Lipinski definition) is 1. The summed E-state index contributed by atoms with van der Waals surface area (Å²) in [5.41, 5.74) is 7.80. The molecule has 2 nitrogen and oxygen atoms in total. The van der Waals surface area contributed by atoms with Gasteiger partial charge in [-0.2, -0.15) is 0 Å². The summed E-state index contributed by atoms with van der Waals surface area (Å²) in [6.07, 6.45) is 3.90. The lowest BCUT2D eigenvalue weighted by Crippen LogP contribution is -1.95. The fraction of sp³-hybridized carbons (Fsp3) is 0.0909. The number of rotatable bonds is 2. The smallest absolute Gasteiger partial charge is 0.0716 e. The zero-order chi connectivity index (χ0) is 9.26. The normalized spacial score (nSPS) is 10.5. The first-order valence-corrected chi connectivity index (χ1v) is 4.27. The fourth-order valence-corrected chi connectivity index (χ4v) is 1.58. The van der Waals surface area contributed by atoms with E-state index in [-0.39, 0.29) is 0 Å². The Kier molecular flexibility index (Phi) is 1.81. The largest absolute Gasteiger partial charge is 0.397 e. The number of fused-ring (bicyclic) bond motifs is 1. The molecule has 0 saturated heterocycles. The van der Waals surface area contributed by atoms with Crippen molar-refractivity contribution in [3.05, 3.63) is 43.1 Å². The van der Waals surface area contributed by atoms with E-state index in [1.54, 1.807) is 0 Å². The first kappa shape index (κ1) is 7.92. The molecular formula is C11H12N2. The highest BCUT2D eigenvalue weighted by Crippen LogP contribution is 2.21. The predicted molar refractivity (Wildman–Crippen MR) is 56.5 cm³/mol. The molecule has 2 aromatic rings. The summed E-state index contributed by atoms with van der Waals surface area (Å²) >= 11 is 0. The van der Waals surface area contributed by atoms with Crippen molar-refractivity contribution in [2.75, 3.05) is 5.73 Å². The van der Waals surface area contributed by atoms with E-state index in [0.717, 1.165) is 17.7 Å². The summed E-state index contributed by atoms with van der Waals surface area (Å²) < 4.78 is 2.09. The second-order valence-corrected chi connectivity index (χ2v) is 3.04. The molecule has 66 valence electrons. The van der Waals surface area contributed by atoms with E-state index in [2.05, 4.69) is 23.3 Å². The van der Waals surface area contributed by atoms with Gasteiger partial charge in [-0.1, -0.05) is 18.2 Å². The first-order valence-electron chi connectivity index (χ1n) is 4.27. The van der Waals surface area contributed by atoms with E-state index < -0.39 is 0 Å². The van der Waals surface area contributed by atoms with E-state index in [1.807, 2.05) is 24.4 Å². The van der Waals surface area contributed by atoms with E-state index in [4.69, 9.17) is 5.73 Å². The molecule has 0 aliphatic heterocycles. The van der Waals surface area contributed by atoms with Gasteiger partial charge in [-0.25, -0.2) is 0 Å². The molecule has 2 heteroatoms. The van der Waals surface area contributed by atoms with Crippen LogP contribution in [0.15, 0.2) is 43.1 Å². The molecule has 0 fully saturated rings. The van der Waals surface area contributed by atoms with Crippen molar-refractivity contribution >= 4 is 16.6 Å². The molecule has 1 heterocycles. The molecule has 2 N–H and O–H groups in total. The molecule has 13 heavy (non-hydrogen) atoms. The average Bonchev–Trinajstić information content (AvgIpc) is 2.51. The molecule has 0 spiro atoms. The van der Waals surface area contributed by atoms with Gasteiger partial charge in [0.05, 0.1) is 11.2 Å². The molecule has 0 bridgehead atoms. The number of nitrogens with two attached hydrogens (primary N) is 1. The molecule has 0 aliphatic carbocycles. The van der Waals surface area contributed by atoms with Crippen molar-refractivity contribution in [1.29, 1.82) is 0 Å².